The van der Waals surface area contributed by atoms with E-state index in [4.69, 9.17) is 9.84 Å². The summed E-state index contributed by atoms with van der Waals surface area (Å²) < 4.78 is 6.58. The van der Waals surface area contributed by atoms with Crippen molar-refractivity contribution < 1.29 is 19.1 Å². The molecule has 1 heterocycles. The van der Waals surface area contributed by atoms with Crippen molar-refractivity contribution in [2.45, 2.75) is 46.6 Å². The number of nitrogens with one attached hydrogen (secondary N) is 2. The number of carbonyl (C=O) groups is 3. The van der Waals surface area contributed by atoms with E-state index < -0.39 is 17.9 Å². The van der Waals surface area contributed by atoms with Gasteiger partial charge in [0.1, 0.15) is 18.9 Å². The van der Waals surface area contributed by atoms with Crippen molar-refractivity contribution in [2.75, 3.05) is 25.0 Å². The van der Waals surface area contributed by atoms with E-state index in [2.05, 4.69) is 31.4 Å². The average molecular weight is 506 g/mol. The fourth-order valence-electron chi connectivity index (χ4n) is 3.62. The second-order valence-electron chi connectivity index (χ2n) is 9.77. The maximum atomic E-state index is 13.2. The van der Waals surface area contributed by atoms with E-state index in [1.165, 1.54) is 4.90 Å². The van der Waals surface area contributed by atoms with Gasteiger partial charge in [-0.2, -0.15) is 5.10 Å². The minimum Gasteiger partial charge on any atom is -0.465 e. The van der Waals surface area contributed by atoms with Crippen molar-refractivity contribution in [3.63, 3.8) is 0 Å². The van der Waals surface area contributed by atoms with Crippen LogP contribution in [0.4, 0.5) is 10.6 Å². The molecule has 0 unspecified atom stereocenters. The summed E-state index contributed by atoms with van der Waals surface area (Å²) in [5.41, 5.74) is 3.31. The van der Waals surface area contributed by atoms with Gasteiger partial charge in [-0.25, -0.2) is 9.48 Å². The highest BCUT2D eigenvalue weighted by Gasteiger charge is 2.23. The van der Waals surface area contributed by atoms with Crippen LogP contribution in [0.5, 0.6) is 0 Å². The highest BCUT2D eigenvalue weighted by atomic mass is 16.5. The minimum atomic E-state index is -0.547. The lowest BCUT2D eigenvalue weighted by Gasteiger charge is -2.22. The fourth-order valence-corrected chi connectivity index (χ4v) is 3.62. The molecule has 0 aliphatic carbocycles. The molecule has 3 aromatic rings. The molecule has 0 aliphatic rings. The van der Waals surface area contributed by atoms with Gasteiger partial charge in [0.15, 0.2) is 0 Å². The monoisotopic (exact) mass is 505 g/mol. The quantitative estimate of drug-likeness (QED) is 0.424. The van der Waals surface area contributed by atoms with Gasteiger partial charge in [-0.1, -0.05) is 63.2 Å². The van der Waals surface area contributed by atoms with E-state index in [-0.39, 0.29) is 31.7 Å². The maximum absolute atomic E-state index is 13.2. The highest BCUT2D eigenvalue weighted by molar-refractivity contribution is 5.94. The molecule has 0 radical (unpaired) electrons. The number of nitrogens with zero attached hydrogens (tertiary/aromatic N) is 3. The Morgan fingerprint density at radius 3 is 2.41 bits per heavy atom. The zero-order valence-corrected chi connectivity index (χ0v) is 22.1. The number of urea groups is 1. The lowest BCUT2D eigenvalue weighted by molar-refractivity contribution is -0.141. The Balaban J connectivity index is 1.82. The van der Waals surface area contributed by atoms with Crippen LogP contribution in [0.25, 0.3) is 5.69 Å². The second-order valence-corrected chi connectivity index (χ2v) is 9.77. The summed E-state index contributed by atoms with van der Waals surface area (Å²) >= 11 is 0. The summed E-state index contributed by atoms with van der Waals surface area (Å²) in [7, 11) is 0. The van der Waals surface area contributed by atoms with Crippen molar-refractivity contribution in [1.82, 2.24) is 20.0 Å². The van der Waals surface area contributed by atoms with Crippen LogP contribution in [0.15, 0.2) is 60.7 Å². The lowest BCUT2D eigenvalue weighted by atomic mass is 9.92. The molecule has 3 rings (SSSR count). The molecule has 0 aliphatic heterocycles. The van der Waals surface area contributed by atoms with Gasteiger partial charge in [-0.15, -0.1) is 0 Å². The molecule has 0 spiro atoms. The first-order valence-electron chi connectivity index (χ1n) is 12.3. The van der Waals surface area contributed by atoms with Gasteiger partial charge in [0.25, 0.3) is 0 Å². The van der Waals surface area contributed by atoms with E-state index in [1.54, 1.807) is 11.6 Å². The van der Waals surface area contributed by atoms with Gasteiger partial charge in [0, 0.05) is 18.0 Å². The molecule has 9 heteroatoms. The van der Waals surface area contributed by atoms with Crippen molar-refractivity contribution in [3.8, 4) is 5.69 Å². The average Bonchev–Trinajstić information content (AvgIpc) is 3.27. The number of carbonyl (C=O) groups excluding carboxylic acids is 3. The number of esters is 1. The standard InChI is InChI=1S/C28H35N5O4/c1-6-37-26(35)17-29-27(36)32(18-21-12-8-7-9-13-21)19-25(34)30-24-16-23(28(3,4)5)31-33(24)22-14-10-11-20(2)15-22/h7-16H,6,17-19H2,1-5H3,(H,29,36)(H,30,34). The molecular formula is C28H35N5O4. The molecule has 1 aromatic heterocycles. The van der Waals surface area contributed by atoms with Crippen molar-refractivity contribution in [3.05, 3.63) is 77.5 Å². The molecule has 9 nitrogen and oxygen atoms in total. The number of benzene rings is 2. The van der Waals surface area contributed by atoms with Crippen molar-refractivity contribution in [2.24, 2.45) is 0 Å². The van der Waals surface area contributed by atoms with Gasteiger partial charge >= 0.3 is 12.0 Å². The Morgan fingerprint density at radius 2 is 1.76 bits per heavy atom. The van der Waals surface area contributed by atoms with Crippen LogP contribution in [0.3, 0.4) is 0 Å². The van der Waals surface area contributed by atoms with Crippen LogP contribution in [0.2, 0.25) is 0 Å². The summed E-state index contributed by atoms with van der Waals surface area (Å²) in [6, 6.07) is 18.5. The van der Waals surface area contributed by atoms with Gasteiger partial charge in [-0.3, -0.25) is 9.59 Å². The normalized spacial score (nSPS) is 11.1. The predicted molar refractivity (Wildman–Crippen MR) is 143 cm³/mol. The summed E-state index contributed by atoms with van der Waals surface area (Å²) in [4.78, 5) is 39.2. The topological polar surface area (TPSA) is 106 Å². The van der Waals surface area contributed by atoms with Crippen LogP contribution < -0.4 is 10.6 Å². The molecule has 0 saturated carbocycles. The number of aromatic nitrogens is 2. The Labute approximate surface area is 217 Å². The molecule has 3 amide bonds. The van der Waals surface area contributed by atoms with Gasteiger partial charge < -0.3 is 20.3 Å². The predicted octanol–water partition coefficient (Wildman–Crippen LogP) is 4.19. The van der Waals surface area contributed by atoms with Crippen LogP contribution in [-0.4, -0.2) is 52.3 Å². The van der Waals surface area contributed by atoms with Gasteiger partial charge in [0.05, 0.1) is 18.0 Å². The third-order valence-corrected chi connectivity index (χ3v) is 5.52. The number of ether oxygens (including phenoxy) is 1. The molecule has 0 saturated heterocycles. The molecule has 0 bridgehead atoms. The second kappa shape index (κ2) is 12.2. The van der Waals surface area contributed by atoms with E-state index in [0.717, 1.165) is 22.5 Å². The lowest BCUT2D eigenvalue weighted by Crippen LogP contribution is -2.45. The summed E-state index contributed by atoms with van der Waals surface area (Å²) in [6.45, 7) is 9.74. The number of hydrogen-bond donors (Lipinski definition) is 2. The smallest absolute Gasteiger partial charge is 0.325 e. The van der Waals surface area contributed by atoms with Crippen molar-refractivity contribution >= 4 is 23.7 Å². The van der Waals surface area contributed by atoms with E-state index in [9.17, 15) is 14.4 Å². The molecule has 2 N–H and O–H groups in total. The van der Waals surface area contributed by atoms with E-state index in [0.29, 0.717) is 5.82 Å². The summed E-state index contributed by atoms with van der Waals surface area (Å²) in [6.07, 6.45) is 0. The number of aryl methyl sites for hydroxylation is 1. The minimum absolute atomic E-state index is 0.188. The van der Waals surface area contributed by atoms with Crippen LogP contribution in [-0.2, 0) is 26.3 Å². The largest absolute Gasteiger partial charge is 0.465 e. The number of anilines is 1. The first kappa shape index (κ1) is 27.4. The van der Waals surface area contributed by atoms with Crippen LogP contribution in [0.1, 0.15) is 44.5 Å². The zero-order valence-electron chi connectivity index (χ0n) is 22.1. The molecule has 196 valence electrons. The Kier molecular flexibility index (Phi) is 9.05. The molecule has 37 heavy (non-hydrogen) atoms. The summed E-state index contributed by atoms with van der Waals surface area (Å²) in [5, 5.41) is 10.2. The number of amides is 3. The van der Waals surface area contributed by atoms with Gasteiger partial charge in [0.2, 0.25) is 5.91 Å². The van der Waals surface area contributed by atoms with Crippen LogP contribution >= 0.6 is 0 Å². The maximum Gasteiger partial charge on any atom is 0.325 e. The first-order chi connectivity index (χ1) is 17.6. The molecule has 0 fully saturated rings. The van der Waals surface area contributed by atoms with Gasteiger partial charge in [-0.05, 0) is 37.1 Å². The zero-order chi connectivity index (χ0) is 27.0. The first-order valence-corrected chi connectivity index (χ1v) is 12.3. The molecule has 2 aromatic carbocycles. The number of hydrogen-bond acceptors (Lipinski definition) is 5. The molecule has 0 atom stereocenters. The SMILES string of the molecule is CCOC(=O)CNC(=O)N(CC(=O)Nc1cc(C(C)(C)C)nn1-c1cccc(C)c1)Cc1ccccc1. The van der Waals surface area contributed by atoms with E-state index in [1.807, 2.05) is 67.6 Å². The highest BCUT2D eigenvalue weighted by Crippen LogP contribution is 2.26. The van der Waals surface area contributed by atoms with E-state index >= 15 is 0 Å². The number of rotatable bonds is 9. The fraction of sp³-hybridized carbons (Fsp3) is 0.357. The Hall–Kier alpha value is -4.14. The Morgan fingerprint density at radius 1 is 1.03 bits per heavy atom. The third-order valence-electron chi connectivity index (χ3n) is 5.52. The molecular weight excluding hydrogens is 470 g/mol. The Bertz CT molecular complexity index is 1230. The van der Waals surface area contributed by atoms with Crippen LogP contribution in [0, 0.1) is 6.92 Å². The van der Waals surface area contributed by atoms with Crippen molar-refractivity contribution in [1.29, 1.82) is 0 Å². The third kappa shape index (κ3) is 7.93. The summed E-state index contributed by atoms with van der Waals surface area (Å²) in [5.74, 6) is -0.430.